The highest BCUT2D eigenvalue weighted by molar-refractivity contribution is 9.10. The Morgan fingerprint density at radius 1 is 1.33 bits per heavy atom. The van der Waals surface area contributed by atoms with Gasteiger partial charge in [-0.15, -0.1) is 0 Å². The van der Waals surface area contributed by atoms with E-state index in [9.17, 15) is 0 Å². The molecule has 0 bridgehead atoms. The Morgan fingerprint density at radius 2 is 2.00 bits per heavy atom. The molecule has 1 aliphatic heterocycles. The summed E-state index contributed by atoms with van der Waals surface area (Å²) in [5.41, 5.74) is 9.27. The molecular weight excluding hydrogens is 288 g/mol. The minimum Gasteiger partial charge on any atom is -0.398 e. The molecule has 0 spiro atoms. The van der Waals surface area contributed by atoms with Crippen molar-refractivity contribution in [2.24, 2.45) is 5.92 Å². The van der Waals surface area contributed by atoms with Crippen LogP contribution in [0.4, 0.5) is 11.4 Å². The molecule has 0 unspecified atom stereocenters. The summed E-state index contributed by atoms with van der Waals surface area (Å²) in [6, 6.07) is 4.24. The van der Waals surface area contributed by atoms with Gasteiger partial charge in [-0.2, -0.15) is 0 Å². The molecular formula is C15H23BrN2. The first-order valence-corrected chi connectivity index (χ1v) is 7.71. The summed E-state index contributed by atoms with van der Waals surface area (Å²) in [4.78, 5) is 2.49. The lowest BCUT2D eigenvalue weighted by molar-refractivity contribution is 0.378. The molecule has 0 amide bonds. The van der Waals surface area contributed by atoms with Gasteiger partial charge in [0.1, 0.15) is 0 Å². The molecule has 100 valence electrons. The maximum absolute atomic E-state index is 5.93. The van der Waals surface area contributed by atoms with E-state index in [4.69, 9.17) is 5.73 Å². The average Bonchev–Trinajstić information content (AvgIpc) is 2.35. The summed E-state index contributed by atoms with van der Waals surface area (Å²) < 4.78 is 1.12. The van der Waals surface area contributed by atoms with Gasteiger partial charge in [-0.05, 0) is 59.3 Å². The first-order chi connectivity index (χ1) is 8.61. The SMILES string of the molecule is CCCC1CCN(c2cc(C)c(N)cc2Br)CC1. The number of piperidine rings is 1. The summed E-state index contributed by atoms with van der Waals surface area (Å²) in [6.45, 7) is 6.71. The van der Waals surface area contributed by atoms with Crippen LogP contribution in [-0.4, -0.2) is 13.1 Å². The van der Waals surface area contributed by atoms with E-state index in [0.717, 1.165) is 16.1 Å². The van der Waals surface area contributed by atoms with Gasteiger partial charge in [0.05, 0.1) is 5.69 Å². The summed E-state index contributed by atoms with van der Waals surface area (Å²) in [7, 11) is 0. The van der Waals surface area contributed by atoms with Gasteiger partial charge in [-0.25, -0.2) is 0 Å². The van der Waals surface area contributed by atoms with E-state index in [1.165, 1.54) is 50.0 Å². The molecule has 1 fully saturated rings. The normalized spacial score (nSPS) is 17.2. The highest BCUT2D eigenvalue weighted by Gasteiger charge is 2.20. The lowest BCUT2D eigenvalue weighted by atomic mass is 9.92. The number of nitrogens with two attached hydrogens (primary N) is 1. The Labute approximate surface area is 119 Å². The Kier molecular flexibility index (Phi) is 4.55. The summed E-state index contributed by atoms with van der Waals surface area (Å²) in [5.74, 6) is 0.930. The van der Waals surface area contributed by atoms with Gasteiger partial charge in [-0.1, -0.05) is 19.8 Å². The average molecular weight is 311 g/mol. The van der Waals surface area contributed by atoms with Gasteiger partial charge >= 0.3 is 0 Å². The number of halogens is 1. The van der Waals surface area contributed by atoms with Crippen LogP contribution in [0.25, 0.3) is 0 Å². The van der Waals surface area contributed by atoms with E-state index in [1.807, 2.05) is 6.07 Å². The van der Waals surface area contributed by atoms with Crippen molar-refractivity contribution in [3.63, 3.8) is 0 Å². The zero-order valence-electron chi connectivity index (χ0n) is 11.4. The number of hydrogen-bond acceptors (Lipinski definition) is 2. The molecule has 1 heterocycles. The monoisotopic (exact) mass is 310 g/mol. The number of aryl methyl sites for hydroxylation is 1. The van der Waals surface area contributed by atoms with Crippen molar-refractivity contribution < 1.29 is 0 Å². The van der Waals surface area contributed by atoms with Crippen molar-refractivity contribution in [2.75, 3.05) is 23.7 Å². The predicted molar refractivity (Wildman–Crippen MR) is 83.1 cm³/mol. The Hall–Kier alpha value is -0.700. The molecule has 0 radical (unpaired) electrons. The third-order valence-electron chi connectivity index (χ3n) is 3.99. The summed E-state index contributed by atoms with van der Waals surface area (Å²) in [6.07, 6.45) is 5.35. The van der Waals surface area contributed by atoms with Crippen molar-refractivity contribution in [3.05, 3.63) is 22.2 Å². The van der Waals surface area contributed by atoms with Crippen LogP contribution in [-0.2, 0) is 0 Å². The number of rotatable bonds is 3. The van der Waals surface area contributed by atoms with Crippen LogP contribution in [0.15, 0.2) is 16.6 Å². The van der Waals surface area contributed by atoms with Gasteiger partial charge in [0.2, 0.25) is 0 Å². The van der Waals surface area contributed by atoms with E-state index in [1.54, 1.807) is 0 Å². The number of anilines is 2. The number of nitrogen functional groups attached to an aromatic ring is 1. The van der Waals surface area contributed by atoms with Crippen molar-refractivity contribution >= 4 is 27.3 Å². The van der Waals surface area contributed by atoms with Crippen LogP contribution in [0.3, 0.4) is 0 Å². The molecule has 0 atom stereocenters. The zero-order valence-corrected chi connectivity index (χ0v) is 13.0. The fourth-order valence-electron chi connectivity index (χ4n) is 2.79. The van der Waals surface area contributed by atoms with Gasteiger partial charge in [0, 0.05) is 23.2 Å². The minimum atomic E-state index is 0.867. The standard InChI is InChI=1S/C15H23BrN2/c1-3-4-12-5-7-18(8-6-12)15-9-11(2)14(17)10-13(15)16/h9-10,12H,3-8,17H2,1-2H3. The zero-order chi connectivity index (χ0) is 13.1. The van der Waals surface area contributed by atoms with Crippen LogP contribution >= 0.6 is 15.9 Å². The molecule has 2 rings (SSSR count). The van der Waals surface area contributed by atoms with Crippen molar-refractivity contribution in [2.45, 2.75) is 39.5 Å². The van der Waals surface area contributed by atoms with Crippen molar-refractivity contribution in [1.29, 1.82) is 0 Å². The topological polar surface area (TPSA) is 29.3 Å². The fraction of sp³-hybridized carbons (Fsp3) is 0.600. The lowest BCUT2D eigenvalue weighted by Crippen LogP contribution is -2.33. The third kappa shape index (κ3) is 3.00. The second kappa shape index (κ2) is 5.96. The molecule has 1 aromatic carbocycles. The molecule has 2 N–H and O–H groups in total. The second-order valence-corrected chi connectivity index (χ2v) is 6.23. The van der Waals surface area contributed by atoms with Crippen LogP contribution in [0, 0.1) is 12.8 Å². The number of hydrogen-bond donors (Lipinski definition) is 1. The van der Waals surface area contributed by atoms with Crippen LogP contribution in [0.1, 0.15) is 38.2 Å². The molecule has 0 aliphatic carbocycles. The second-order valence-electron chi connectivity index (χ2n) is 5.38. The highest BCUT2D eigenvalue weighted by atomic mass is 79.9. The van der Waals surface area contributed by atoms with Crippen LogP contribution < -0.4 is 10.6 Å². The molecule has 1 saturated heterocycles. The summed E-state index contributed by atoms with van der Waals surface area (Å²) >= 11 is 3.64. The van der Waals surface area contributed by atoms with E-state index < -0.39 is 0 Å². The van der Waals surface area contributed by atoms with E-state index >= 15 is 0 Å². The molecule has 18 heavy (non-hydrogen) atoms. The molecule has 3 heteroatoms. The maximum Gasteiger partial charge on any atom is 0.0514 e. The van der Waals surface area contributed by atoms with E-state index in [2.05, 4.69) is 40.7 Å². The first kappa shape index (κ1) is 13.7. The maximum atomic E-state index is 5.93. The van der Waals surface area contributed by atoms with Crippen molar-refractivity contribution in [3.8, 4) is 0 Å². The van der Waals surface area contributed by atoms with E-state index in [-0.39, 0.29) is 0 Å². The van der Waals surface area contributed by atoms with Gasteiger partial charge < -0.3 is 10.6 Å². The molecule has 0 aromatic heterocycles. The molecule has 2 nitrogen and oxygen atoms in total. The predicted octanol–water partition coefficient (Wildman–Crippen LogP) is 4.36. The Bertz CT molecular complexity index is 409. The third-order valence-corrected chi connectivity index (χ3v) is 4.62. The Morgan fingerprint density at radius 3 is 2.61 bits per heavy atom. The number of benzene rings is 1. The lowest BCUT2D eigenvalue weighted by Gasteiger charge is -2.34. The number of nitrogens with zero attached hydrogens (tertiary/aromatic N) is 1. The largest absolute Gasteiger partial charge is 0.398 e. The van der Waals surface area contributed by atoms with Crippen LogP contribution in [0.2, 0.25) is 0 Å². The fourth-order valence-corrected chi connectivity index (χ4v) is 3.41. The van der Waals surface area contributed by atoms with Crippen LogP contribution in [0.5, 0.6) is 0 Å². The Balaban J connectivity index is 2.07. The van der Waals surface area contributed by atoms with Gasteiger partial charge in [0.15, 0.2) is 0 Å². The van der Waals surface area contributed by atoms with Crippen molar-refractivity contribution in [1.82, 2.24) is 0 Å². The molecule has 0 saturated carbocycles. The van der Waals surface area contributed by atoms with Gasteiger partial charge in [-0.3, -0.25) is 0 Å². The minimum absolute atomic E-state index is 0.867. The smallest absolute Gasteiger partial charge is 0.0514 e. The quantitative estimate of drug-likeness (QED) is 0.841. The van der Waals surface area contributed by atoms with Gasteiger partial charge in [0.25, 0.3) is 0 Å². The van der Waals surface area contributed by atoms with E-state index in [0.29, 0.717) is 0 Å². The molecule has 1 aromatic rings. The summed E-state index contributed by atoms with van der Waals surface area (Å²) in [5, 5.41) is 0. The molecule has 1 aliphatic rings. The first-order valence-electron chi connectivity index (χ1n) is 6.92. The highest BCUT2D eigenvalue weighted by Crippen LogP contribution is 2.34.